The maximum absolute atomic E-state index is 5.72. The molecule has 82 valence electrons. The van der Waals surface area contributed by atoms with Gasteiger partial charge in [-0.1, -0.05) is 6.07 Å². The zero-order valence-electron chi connectivity index (χ0n) is 9.16. The SMILES string of the molecule is COc1cccc(OC)c1OCC1CC1. The minimum atomic E-state index is 0.717. The van der Waals surface area contributed by atoms with Gasteiger partial charge in [0.15, 0.2) is 11.5 Å². The van der Waals surface area contributed by atoms with Crippen LogP contribution in [0, 0.1) is 5.92 Å². The van der Waals surface area contributed by atoms with E-state index in [9.17, 15) is 0 Å². The summed E-state index contributed by atoms with van der Waals surface area (Å²) in [5.41, 5.74) is 0. The highest BCUT2D eigenvalue weighted by atomic mass is 16.5. The van der Waals surface area contributed by atoms with E-state index in [1.165, 1.54) is 12.8 Å². The highest BCUT2D eigenvalue weighted by Crippen LogP contribution is 2.38. The predicted octanol–water partition coefficient (Wildman–Crippen LogP) is 2.49. The number of para-hydroxylation sites is 1. The lowest BCUT2D eigenvalue weighted by atomic mass is 10.3. The van der Waals surface area contributed by atoms with Gasteiger partial charge in [0.25, 0.3) is 0 Å². The van der Waals surface area contributed by atoms with Gasteiger partial charge in [-0.05, 0) is 30.9 Å². The van der Waals surface area contributed by atoms with E-state index in [1.54, 1.807) is 14.2 Å². The van der Waals surface area contributed by atoms with Gasteiger partial charge in [-0.2, -0.15) is 0 Å². The van der Waals surface area contributed by atoms with E-state index >= 15 is 0 Å². The number of ether oxygens (including phenoxy) is 3. The van der Waals surface area contributed by atoms with Crippen LogP contribution in [0.1, 0.15) is 12.8 Å². The van der Waals surface area contributed by atoms with Crippen molar-refractivity contribution in [3.05, 3.63) is 18.2 Å². The molecule has 1 aliphatic rings. The summed E-state index contributed by atoms with van der Waals surface area (Å²) in [4.78, 5) is 0. The van der Waals surface area contributed by atoms with Gasteiger partial charge < -0.3 is 14.2 Å². The number of methoxy groups -OCH3 is 2. The Morgan fingerprint density at radius 2 is 1.73 bits per heavy atom. The summed E-state index contributed by atoms with van der Waals surface area (Å²) in [7, 11) is 3.28. The fourth-order valence-electron chi connectivity index (χ4n) is 1.45. The minimum absolute atomic E-state index is 0.717. The third kappa shape index (κ3) is 2.35. The highest BCUT2D eigenvalue weighted by molar-refractivity contribution is 5.51. The van der Waals surface area contributed by atoms with Crippen molar-refractivity contribution >= 4 is 0 Å². The number of hydrogen-bond donors (Lipinski definition) is 0. The fourth-order valence-corrected chi connectivity index (χ4v) is 1.45. The molecule has 3 nitrogen and oxygen atoms in total. The molecule has 0 spiro atoms. The molecule has 0 N–H and O–H groups in total. The molecule has 2 rings (SSSR count). The van der Waals surface area contributed by atoms with Gasteiger partial charge in [0, 0.05) is 0 Å². The van der Waals surface area contributed by atoms with Gasteiger partial charge in [0.05, 0.1) is 20.8 Å². The summed E-state index contributed by atoms with van der Waals surface area (Å²) in [6.07, 6.45) is 2.55. The van der Waals surface area contributed by atoms with Crippen LogP contribution in [0.25, 0.3) is 0 Å². The molecule has 0 amide bonds. The first-order valence-electron chi connectivity index (χ1n) is 5.19. The Hall–Kier alpha value is -1.38. The molecule has 15 heavy (non-hydrogen) atoms. The second kappa shape index (κ2) is 4.43. The zero-order valence-corrected chi connectivity index (χ0v) is 9.16. The number of hydrogen-bond acceptors (Lipinski definition) is 3. The van der Waals surface area contributed by atoms with Crippen LogP contribution in [0.2, 0.25) is 0 Å². The van der Waals surface area contributed by atoms with Crippen LogP contribution in [0.15, 0.2) is 18.2 Å². The first kappa shape index (κ1) is 10.1. The lowest BCUT2D eigenvalue weighted by Crippen LogP contribution is -2.02. The van der Waals surface area contributed by atoms with Crippen LogP contribution in [0.5, 0.6) is 17.2 Å². The molecule has 1 fully saturated rings. The van der Waals surface area contributed by atoms with Crippen molar-refractivity contribution in [1.29, 1.82) is 0 Å². The van der Waals surface area contributed by atoms with Gasteiger partial charge in [0.1, 0.15) is 0 Å². The minimum Gasteiger partial charge on any atom is -0.493 e. The molecular formula is C12H16O3. The molecule has 0 radical (unpaired) electrons. The molecule has 1 aliphatic carbocycles. The molecule has 0 aromatic heterocycles. The highest BCUT2D eigenvalue weighted by Gasteiger charge is 2.23. The summed E-state index contributed by atoms with van der Waals surface area (Å²) in [5.74, 6) is 2.90. The van der Waals surface area contributed by atoms with Gasteiger partial charge in [-0.3, -0.25) is 0 Å². The second-order valence-corrected chi connectivity index (χ2v) is 3.75. The monoisotopic (exact) mass is 208 g/mol. The predicted molar refractivity (Wildman–Crippen MR) is 57.8 cm³/mol. The van der Waals surface area contributed by atoms with Gasteiger partial charge in [0.2, 0.25) is 5.75 Å². The topological polar surface area (TPSA) is 27.7 Å². The Morgan fingerprint density at radius 1 is 1.13 bits per heavy atom. The van der Waals surface area contributed by atoms with Gasteiger partial charge in [-0.15, -0.1) is 0 Å². The Balaban J connectivity index is 2.15. The van der Waals surface area contributed by atoms with Crippen LogP contribution >= 0.6 is 0 Å². The molecule has 1 aromatic carbocycles. The lowest BCUT2D eigenvalue weighted by Gasteiger charge is -2.13. The van der Waals surface area contributed by atoms with Crippen molar-refractivity contribution in [2.24, 2.45) is 5.92 Å². The smallest absolute Gasteiger partial charge is 0.203 e. The normalized spacial score (nSPS) is 14.8. The standard InChI is InChI=1S/C12H16O3/c1-13-10-4-3-5-11(14-2)12(10)15-8-9-6-7-9/h3-5,9H,6-8H2,1-2H3. The second-order valence-electron chi connectivity index (χ2n) is 3.75. The van der Waals surface area contributed by atoms with Crippen LogP contribution in [-0.4, -0.2) is 20.8 Å². The maximum Gasteiger partial charge on any atom is 0.203 e. The van der Waals surface area contributed by atoms with Crippen molar-refractivity contribution < 1.29 is 14.2 Å². The summed E-state index contributed by atoms with van der Waals surface area (Å²) < 4.78 is 16.2. The molecule has 0 aliphatic heterocycles. The molecule has 0 unspecified atom stereocenters. The van der Waals surface area contributed by atoms with Crippen LogP contribution in [0.4, 0.5) is 0 Å². The van der Waals surface area contributed by atoms with Crippen molar-refractivity contribution in [2.45, 2.75) is 12.8 Å². The van der Waals surface area contributed by atoms with E-state index in [1.807, 2.05) is 18.2 Å². The quantitative estimate of drug-likeness (QED) is 0.744. The first-order chi connectivity index (χ1) is 7.35. The maximum atomic E-state index is 5.72. The van der Waals surface area contributed by atoms with Crippen molar-refractivity contribution in [3.8, 4) is 17.2 Å². The molecule has 0 saturated heterocycles. The molecule has 3 heteroatoms. The van der Waals surface area contributed by atoms with E-state index in [-0.39, 0.29) is 0 Å². The van der Waals surface area contributed by atoms with E-state index in [0.29, 0.717) is 0 Å². The largest absolute Gasteiger partial charge is 0.493 e. The van der Waals surface area contributed by atoms with E-state index < -0.39 is 0 Å². The Labute approximate surface area is 90.0 Å². The Bertz CT molecular complexity index is 309. The molecule has 1 saturated carbocycles. The number of benzene rings is 1. The van der Waals surface area contributed by atoms with Gasteiger partial charge in [-0.25, -0.2) is 0 Å². The molecule has 1 aromatic rings. The molecule has 0 heterocycles. The van der Waals surface area contributed by atoms with Crippen LogP contribution in [0.3, 0.4) is 0 Å². The van der Waals surface area contributed by atoms with E-state index in [2.05, 4.69) is 0 Å². The van der Waals surface area contributed by atoms with Crippen LogP contribution in [-0.2, 0) is 0 Å². The third-order valence-electron chi connectivity index (χ3n) is 2.54. The van der Waals surface area contributed by atoms with Gasteiger partial charge >= 0.3 is 0 Å². The first-order valence-corrected chi connectivity index (χ1v) is 5.19. The molecule has 0 atom stereocenters. The zero-order chi connectivity index (χ0) is 10.7. The van der Waals surface area contributed by atoms with Crippen LogP contribution < -0.4 is 14.2 Å². The molecule has 0 bridgehead atoms. The average Bonchev–Trinajstić information content (AvgIpc) is 3.09. The summed E-state index contributed by atoms with van der Waals surface area (Å²) in [5, 5.41) is 0. The summed E-state index contributed by atoms with van der Waals surface area (Å²) in [6.45, 7) is 0.761. The Morgan fingerprint density at radius 3 is 2.20 bits per heavy atom. The fraction of sp³-hybridized carbons (Fsp3) is 0.500. The Kier molecular flexibility index (Phi) is 2.99. The van der Waals surface area contributed by atoms with E-state index in [4.69, 9.17) is 14.2 Å². The van der Waals surface area contributed by atoms with E-state index in [0.717, 1.165) is 29.8 Å². The van der Waals surface area contributed by atoms with Crippen molar-refractivity contribution in [3.63, 3.8) is 0 Å². The average molecular weight is 208 g/mol. The molecular weight excluding hydrogens is 192 g/mol. The lowest BCUT2D eigenvalue weighted by molar-refractivity contribution is 0.263. The summed E-state index contributed by atoms with van der Waals surface area (Å²) in [6, 6.07) is 5.65. The summed E-state index contributed by atoms with van der Waals surface area (Å²) >= 11 is 0. The van der Waals surface area contributed by atoms with Crippen molar-refractivity contribution in [2.75, 3.05) is 20.8 Å². The number of rotatable bonds is 5. The van der Waals surface area contributed by atoms with Crippen molar-refractivity contribution in [1.82, 2.24) is 0 Å². The third-order valence-corrected chi connectivity index (χ3v) is 2.54.